The standard InChI is InChI=1S/C15H17N3O3/c16-15(4-1-5-15)14-17-13(21-18-14)9-10-2-3-11-12(8-10)20-7-6-19-11/h2-3,8H,1,4-7,9,16H2. The molecule has 0 amide bonds. The van der Waals surface area contributed by atoms with Crippen LogP contribution in [0.5, 0.6) is 11.5 Å². The van der Waals surface area contributed by atoms with E-state index in [0.717, 1.165) is 36.3 Å². The van der Waals surface area contributed by atoms with E-state index < -0.39 is 0 Å². The molecular formula is C15H17N3O3. The lowest BCUT2D eigenvalue weighted by Crippen LogP contribution is -2.44. The Hall–Kier alpha value is -2.08. The summed E-state index contributed by atoms with van der Waals surface area (Å²) in [5.74, 6) is 2.76. The monoisotopic (exact) mass is 287 g/mol. The van der Waals surface area contributed by atoms with Gasteiger partial charge in [0.1, 0.15) is 13.2 Å². The zero-order valence-electron chi connectivity index (χ0n) is 11.7. The quantitative estimate of drug-likeness (QED) is 0.926. The van der Waals surface area contributed by atoms with Crippen molar-refractivity contribution in [3.63, 3.8) is 0 Å². The summed E-state index contributed by atoms with van der Waals surface area (Å²) in [6, 6.07) is 5.86. The van der Waals surface area contributed by atoms with Crippen LogP contribution in [0.15, 0.2) is 22.7 Å². The number of ether oxygens (including phenoxy) is 2. The van der Waals surface area contributed by atoms with Gasteiger partial charge in [-0.25, -0.2) is 0 Å². The number of hydrogen-bond donors (Lipinski definition) is 1. The van der Waals surface area contributed by atoms with Crippen LogP contribution in [0, 0.1) is 0 Å². The molecule has 1 fully saturated rings. The molecule has 2 N–H and O–H groups in total. The van der Waals surface area contributed by atoms with Crippen LogP contribution < -0.4 is 15.2 Å². The van der Waals surface area contributed by atoms with Gasteiger partial charge in [0.25, 0.3) is 0 Å². The first-order valence-electron chi connectivity index (χ1n) is 7.23. The zero-order chi connectivity index (χ0) is 14.3. The highest BCUT2D eigenvalue weighted by Crippen LogP contribution is 2.37. The zero-order valence-corrected chi connectivity index (χ0v) is 11.7. The Morgan fingerprint density at radius 1 is 1.14 bits per heavy atom. The molecule has 2 aliphatic rings. The normalized spacial score (nSPS) is 19.1. The second kappa shape index (κ2) is 4.73. The molecule has 1 aromatic heterocycles. The van der Waals surface area contributed by atoms with E-state index in [-0.39, 0.29) is 5.54 Å². The minimum atomic E-state index is -0.380. The van der Waals surface area contributed by atoms with E-state index in [1.165, 1.54) is 0 Å². The largest absolute Gasteiger partial charge is 0.486 e. The van der Waals surface area contributed by atoms with Gasteiger partial charge in [-0.15, -0.1) is 0 Å². The maximum Gasteiger partial charge on any atom is 0.231 e. The van der Waals surface area contributed by atoms with Gasteiger partial charge in [0.15, 0.2) is 17.3 Å². The van der Waals surface area contributed by atoms with Crippen molar-refractivity contribution in [2.24, 2.45) is 5.73 Å². The Bertz CT molecular complexity index is 664. The van der Waals surface area contributed by atoms with Gasteiger partial charge in [-0.2, -0.15) is 4.98 Å². The summed E-state index contributed by atoms with van der Waals surface area (Å²) in [6.45, 7) is 1.18. The Labute approximate surface area is 122 Å². The van der Waals surface area contributed by atoms with Gasteiger partial charge in [-0.05, 0) is 37.0 Å². The Balaban J connectivity index is 1.53. The van der Waals surface area contributed by atoms with E-state index in [1.807, 2.05) is 18.2 Å². The van der Waals surface area contributed by atoms with Crippen molar-refractivity contribution >= 4 is 0 Å². The van der Waals surface area contributed by atoms with Gasteiger partial charge in [0.2, 0.25) is 5.89 Å². The first-order chi connectivity index (χ1) is 10.2. The Morgan fingerprint density at radius 2 is 1.95 bits per heavy atom. The molecule has 4 rings (SSSR count). The van der Waals surface area contributed by atoms with E-state index in [9.17, 15) is 0 Å². The summed E-state index contributed by atoms with van der Waals surface area (Å²) in [5.41, 5.74) is 6.87. The second-order valence-corrected chi connectivity index (χ2v) is 5.68. The fourth-order valence-electron chi connectivity index (χ4n) is 2.68. The molecule has 1 aromatic carbocycles. The lowest BCUT2D eigenvalue weighted by atomic mass is 9.77. The summed E-state index contributed by atoms with van der Waals surface area (Å²) in [5, 5.41) is 4.03. The third-order valence-corrected chi connectivity index (χ3v) is 4.12. The van der Waals surface area contributed by atoms with Crippen LogP contribution in [0.1, 0.15) is 36.5 Å². The van der Waals surface area contributed by atoms with Crippen molar-refractivity contribution in [1.82, 2.24) is 10.1 Å². The van der Waals surface area contributed by atoms with E-state index in [0.29, 0.717) is 31.3 Å². The average molecular weight is 287 g/mol. The summed E-state index contributed by atoms with van der Waals surface area (Å²) in [6.07, 6.45) is 3.55. The molecule has 6 nitrogen and oxygen atoms in total. The predicted octanol–water partition coefficient (Wildman–Crippen LogP) is 1.77. The molecule has 21 heavy (non-hydrogen) atoms. The minimum absolute atomic E-state index is 0.380. The number of benzene rings is 1. The topological polar surface area (TPSA) is 83.4 Å². The number of nitrogens with zero attached hydrogens (tertiary/aromatic N) is 2. The third-order valence-electron chi connectivity index (χ3n) is 4.12. The van der Waals surface area contributed by atoms with Crippen LogP contribution in [-0.4, -0.2) is 23.4 Å². The van der Waals surface area contributed by atoms with Crippen molar-refractivity contribution in [2.45, 2.75) is 31.2 Å². The molecule has 0 radical (unpaired) electrons. The molecule has 0 saturated heterocycles. The maximum absolute atomic E-state index is 6.20. The highest BCUT2D eigenvalue weighted by molar-refractivity contribution is 5.44. The maximum atomic E-state index is 6.20. The molecule has 6 heteroatoms. The van der Waals surface area contributed by atoms with Gasteiger partial charge in [0, 0.05) is 0 Å². The van der Waals surface area contributed by atoms with E-state index >= 15 is 0 Å². The van der Waals surface area contributed by atoms with Gasteiger partial charge in [-0.3, -0.25) is 0 Å². The van der Waals surface area contributed by atoms with Crippen LogP contribution in [-0.2, 0) is 12.0 Å². The molecule has 2 heterocycles. The fraction of sp³-hybridized carbons (Fsp3) is 0.467. The number of aromatic nitrogens is 2. The fourth-order valence-corrected chi connectivity index (χ4v) is 2.68. The van der Waals surface area contributed by atoms with Crippen LogP contribution in [0.2, 0.25) is 0 Å². The second-order valence-electron chi connectivity index (χ2n) is 5.68. The first kappa shape index (κ1) is 12.6. The lowest BCUT2D eigenvalue weighted by Gasteiger charge is -2.34. The molecule has 1 aliphatic heterocycles. The van der Waals surface area contributed by atoms with Crippen LogP contribution in [0.25, 0.3) is 0 Å². The number of hydrogen-bond acceptors (Lipinski definition) is 6. The minimum Gasteiger partial charge on any atom is -0.486 e. The summed E-state index contributed by atoms with van der Waals surface area (Å²) < 4.78 is 16.4. The van der Waals surface area contributed by atoms with E-state index in [2.05, 4.69) is 10.1 Å². The molecule has 0 bridgehead atoms. The first-order valence-corrected chi connectivity index (χ1v) is 7.23. The highest BCUT2D eigenvalue weighted by Gasteiger charge is 2.38. The average Bonchev–Trinajstić information content (AvgIpc) is 2.93. The number of fused-ring (bicyclic) bond motifs is 1. The summed E-state index contributed by atoms with van der Waals surface area (Å²) >= 11 is 0. The number of nitrogens with two attached hydrogens (primary N) is 1. The van der Waals surface area contributed by atoms with E-state index in [4.69, 9.17) is 19.7 Å². The molecule has 0 unspecified atom stereocenters. The summed E-state index contributed by atoms with van der Waals surface area (Å²) in [7, 11) is 0. The van der Waals surface area contributed by atoms with Crippen molar-refractivity contribution in [1.29, 1.82) is 0 Å². The predicted molar refractivity (Wildman–Crippen MR) is 74.3 cm³/mol. The van der Waals surface area contributed by atoms with Gasteiger partial charge < -0.3 is 19.7 Å². The Morgan fingerprint density at radius 3 is 2.71 bits per heavy atom. The molecule has 2 aromatic rings. The van der Waals surface area contributed by atoms with Crippen molar-refractivity contribution in [3.8, 4) is 11.5 Å². The van der Waals surface area contributed by atoms with Crippen LogP contribution in [0.4, 0.5) is 0 Å². The van der Waals surface area contributed by atoms with Crippen LogP contribution in [0.3, 0.4) is 0 Å². The molecule has 0 spiro atoms. The van der Waals surface area contributed by atoms with E-state index in [1.54, 1.807) is 0 Å². The van der Waals surface area contributed by atoms with Crippen molar-refractivity contribution < 1.29 is 14.0 Å². The van der Waals surface area contributed by atoms with Crippen LogP contribution >= 0.6 is 0 Å². The highest BCUT2D eigenvalue weighted by atomic mass is 16.6. The SMILES string of the molecule is NC1(c2noc(Cc3ccc4c(c3)OCCO4)n2)CCC1. The van der Waals surface area contributed by atoms with Gasteiger partial charge >= 0.3 is 0 Å². The Kier molecular flexibility index (Phi) is 2.85. The smallest absolute Gasteiger partial charge is 0.231 e. The van der Waals surface area contributed by atoms with Crippen molar-refractivity contribution in [3.05, 3.63) is 35.5 Å². The molecule has 0 atom stereocenters. The lowest BCUT2D eigenvalue weighted by molar-refractivity contribution is 0.171. The molecule has 110 valence electrons. The molecular weight excluding hydrogens is 270 g/mol. The summed E-state index contributed by atoms with van der Waals surface area (Å²) in [4.78, 5) is 4.44. The van der Waals surface area contributed by atoms with Gasteiger partial charge in [0.05, 0.1) is 12.0 Å². The number of rotatable bonds is 3. The van der Waals surface area contributed by atoms with Gasteiger partial charge in [-0.1, -0.05) is 11.2 Å². The molecule has 1 aliphatic carbocycles. The molecule has 1 saturated carbocycles. The third kappa shape index (κ3) is 2.25. The van der Waals surface area contributed by atoms with Crippen molar-refractivity contribution in [2.75, 3.05) is 13.2 Å².